The SMILES string of the molecule is CC(C)N1CCOC(c2ccc(OCc3ccccc3)c(OCc3ccccc3)c2)C1. The molecule has 0 aromatic heterocycles. The molecular formula is C27H31NO3. The lowest BCUT2D eigenvalue weighted by Gasteiger charge is -2.35. The maximum absolute atomic E-state index is 6.22. The van der Waals surface area contributed by atoms with Crippen LogP contribution in [0.3, 0.4) is 0 Å². The first-order chi connectivity index (χ1) is 15.2. The molecule has 1 atom stereocenters. The summed E-state index contributed by atoms with van der Waals surface area (Å²) in [4.78, 5) is 2.46. The topological polar surface area (TPSA) is 30.9 Å². The van der Waals surface area contributed by atoms with Gasteiger partial charge in [-0.3, -0.25) is 4.90 Å². The van der Waals surface area contributed by atoms with Crippen LogP contribution in [0.2, 0.25) is 0 Å². The van der Waals surface area contributed by atoms with E-state index in [4.69, 9.17) is 14.2 Å². The monoisotopic (exact) mass is 417 g/mol. The molecule has 0 bridgehead atoms. The molecule has 0 saturated carbocycles. The number of hydrogen-bond acceptors (Lipinski definition) is 4. The third-order valence-corrected chi connectivity index (χ3v) is 5.64. The predicted octanol–water partition coefficient (Wildman–Crippen LogP) is 5.63. The third kappa shape index (κ3) is 5.87. The minimum atomic E-state index is 0.0402. The number of nitrogens with zero attached hydrogens (tertiary/aromatic N) is 1. The van der Waals surface area contributed by atoms with Gasteiger partial charge in [-0.15, -0.1) is 0 Å². The highest BCUT2D eigenvalue weighted by molar-refractivity contribution is 5.44. The lowest BCUT2D eigenvalue weighted by atomic mass is 10.1. The van der Waals surface area contributed by atoms with Crippen LogP contribution in [-0.2, 0) is 18.0 Å². The molecule has 162 valence electrons. The Morgan fingerprint density at radius 2 is 1.45 bits per heavy atom. The third-order valence-electron chi connectivity index (χ3n) is 5.64. The van der Waals surface area contributed by atoms with Crippen molar-refractivity contribution >= 4 is 0 Å². The number of hydrogen-bond donors (Lipinski definition) is 0. The van der Waals surface area contributed by atoms with Gasteiger partial charge in [-0.1, -0.05) is 66.7 Å². The van der Waals surface area contributed by atoms with Crippen LogP contribution >= 0.6 is 0 Å². The lowest BCUT2D eigenvalue weighted by Crippen LogP contribution is -2.42. The molecule has 0 N–H and O–H groups in total. The van der Waals surface area contributed by atoms with Gasteiger partial charge < -0.3 is 14.2 Å². The summed E-state index contributed by atoms with van der Waals surface area (Å²) in [6.07, 6.45) is 0.0402. The molecule has 4 nitrogen and oxygen atoms in total. The van der Waals surface area contributed by atoms with E-state index in [2.05, 4.69) is 55.1 Å². The Morgan fingerprint density at radius 3 is 2.06 bits per heavy atom. The van der Waals surface area contributed by atoms with Gasteiger partial charge in [0, 0.05) is 19.1 Å². The van der Waals surface area contributed by atoms with E-state index < -0.39 is 0 Å². The summed E-state index contributed by atoms with van der Waals surface area (Å²) in [5, 5.41) is 0. The average Bonchev–Trinajstić information content (AvgIpc) is 2.83. The fourth-order valence-electron chi connectivity index (χ4n) is 3.77. The van der Waals surface area contributed by atoms with Gasteiger partial charge in [-0.25, -0.2) is 0 Å². The van der Waals surface area contributed by atoms with Crippen molar-refractivity contribution < 1.29 is 14.2 Å². The quantitative estimate of drug-likeness (QED) is 0.476. The second kappa shape index (κ2) is 10.5. The van der Waals surface area contributed by atoms with Crippen molar-refractivity contribution in [1.29, 1.82) is 0 Å². The first-order valence-corrected chi connectivity index (χ1v) is 11.0. The fraction of sp³-hybridized carbons (Fsp3) is 0.333. The highest BCUT2D eigenvalue weighted by Gasteiger charge is 2.24. The van der Waals surface area contributed by atoms with Gasteiger partial charge in [-0.2, -0.15) is 0 Å². The molecule has 1 saturated heterocycles. The molecule has 3 aromatic rings. The standard InChI is InChI=1S/C27H31NO3/c1-21(2)28-15-16-29-27(18-28)24-13-14-25(30-19-22-9-5-3-6-10-22)26(17-24)31-20-23-11-7-4-8-12-23/h3-14,17,21,27H,15-16,18-20H2,1-2H3. The van der Waals surface area contributed by atoms with Crippen molar-refractivity contribution in [3.8, 4) is 11.5 Å². The van der Waals surface area contributed by atoms with Crippen LogP contribution in [0.5, 0.6) is 11.5 Å². The summed E-state index contributed by atoms with van der Waals surface area (Å²) in [6.45, 7) is 8.08. The Kier molecular flexibility index (Phi) is 7.23. The zero-order chi connectivity index (χ0) is 21.5. The summed E-state index contributed by atoms with van der Waals surface area (Å²) in [7, 11) is 0. The van der Waals surface area contributed by atoms with Crippen molar-refractivity contribution in [3.05, 3.63) is 95.6 Å². The van der Waals surface area contributed by atoms with E-state index in [-0.39, 0.29) is 6.10 Å². The normalized spacial score (nSPS) is 16.9. The van der Waals surface area contributed by atoms with Gasteiger partial charge in [0.25, 0.3) is 0 Å². The highest BCUT2D eigenvalue weighted by atomic mass is 16.5. The fourth-order valence-corrected chi connectivity index (χ4v) is 3.77. The number of ether oxygens (including phenoxy) is 3. The molecule has 0 spiro atoms. The zero-order valence-electron chi connectivity index (χ0n) is 18.4. The first kappa shape index (κ1) is 21.4. The molecule has 0 radical (unpaired) electrons. The van der Waals surface area contributed by atoms with E-state index in [0.717, 1.165) is 47.9 Å². The van der Waals surface area contributed by atoms with Crippen LogP contribution in [0.15, 0.2) is 78.9 Å². The summed E-state index contributed by atoms with van der Waals surface area (Å²) >= 11 is 0. The molecule has 1 fully saturated rings. The predicted molar refractivity (Wildman–Crippen MR) is 123 cm³/mol. The Balaban J connectivity index is 1.53. The minimum Gasteiger partial charge on any atom is -0.485 e. The van der Waals surface area contributed by atoms with Crippen molar-refractivity contribution in [2.75, 3.05) is 19.7 Å². The summed E-state index contributed by atoms with van der Waals surface area (Å²) in [5.41, 5.74) is 3.38. The van der Waals surface area contributed by atoms with E-state index in [0.29, 0.717) is 19.3 Å². The van der Waals surface area contributed by atoms with E-state index in [9.17, 15) is 0 Å². The molecule has 1 aliphatic heterocycles. The smallest absolute Gasteiger partial charge is 0.162 e. The Bertz CT molecular complexity index is 943. The van der Waals surface area contributed by atoms with Gasteiger partial charge in [0.05, 0.1) is 12.7 Å². The molecule has 3 aromatic carbocycles. The molecule has 4 rings (SSSR count). The zero-order valence-corrected chi connectivity index (χ0v) is 18.4. The molecule has 31 heavy (non-hydrogen) atoms. The van der Waals surface area contributed by atoms with Crippen LogP contribution in [0.1, 0.15) is 36.6 Å². The Labute approximate surface area is 185 Å². The van der Waals surface area contributed by atoms with Crippen molar-refractivity contribution in [2.24, 2.45) is 0 Å². The van der Waals surface area contributed by atoms with E-state index >= 15 is 0 Å². The van der Waals surface area contributed by atoms with E-state index in [1.54, 1.807) is 0 Å². The number of rotatable bonds is 8. The summed E-state index contributed by atoms with van der Waals surface area (Å²) < 4.78 is 18.5. The van der Waals surface area contributed by atoms with Gasteiger partial charge in [0.15, 0.2) is 11.5 Å². The van der Waals surface area contributed by atoms with Crippen LogP contribution < -0.4 is 9.47 Å². The molecule has 0 aliphatic carbocycles. The molecule has 0 amide bonds. The van der Waals surface area contributed by atoms with E-state index in [1.165, 1.54) is 0 Å². The van der Waals surface area contributed by atoms with E-state index in [1.807, 2.05) is 42.5 Å². The minimum absolute atomic E-state index is 0.0402. The van der Waals surface area contributed by atoms with Gasteiger partial charge in [0.2, 0.25) is 0 Å². The number of benzene rings is 3. The van der Waals surface area contributed by atoms with Crippen LogP contribution in [0.4, 0.5) is 0 Å². The van der Waals surface area contributed by atoms with Crippen molar-refractivity contribution in [2.45, 2.75) is 39.2 Å². The highest BCUT2D eigenvalue weighted by Crippen LogP contribution is 2.34. The van der Waals surface area contributed by atoms with Gasteiger partial charge in [-0.05, 0) is 42.7 Å². The second-order valence-electron chi connectivity index (χ2n) is 8.20. The molecule has 4 heteroatoms. The van der Waals surface area contributed by atoms with Crippen LogP contribution in [0, 0.1) is 0 Å². The molecular weight excluding hydrogens is 386 g/mol. The lowest BCUT2D eigenvalue weighted by molar-refractivity contribution is -0.0403. The molecule has 1 unspecified atom stereocenters. The maximum atomic E-state index is 6.22. The van der Waals surface area contributed by atoms with Gasteiger partial charge in [0.1, 0.15) is 13.2 Å². The summed E-state index contributed by atoms with van der Waals surface area (Å²) in [5.74, 6) is 1.50. The van der Waals surface area contributed by atoms with Crippen molar-refractivity contribution in [3.63, 3.8) is 0 Å². The van der Waals surface area contributed by atoms with Crippen LogP contribution in [-0.4, -0.2) is 30.6 Å². The largest absolute Gasteiger partial charge is 0.485 e. The second-order valence-corrected chi connectivity index (χ2v) is 8.20. The Morgan fingerprint density at radius 1 is 0.839 bits per heavy atom. The Hall–Kier alpha value is -2.82. The van der Waals surface area contributed by atoms with Gasteiger partial charge >= 0.3 is 0 Å². The van der Waals surface area contributed by atoms with Crippen LogP contribution in [0.25, 0.3) is 0 Å². The first-order valence-electron chi connectivity index (χ1n) is 11.0. The molecule has 1 heterocycles. The molecule has 1 aliphatic rings. The van der Waals surface area contributed by atoms with Crippen molar-refractivity contribution in [1.82, 2.24) is 4.90 Å². The maximum Gasteiger partial charge on any atom is 0.162 e. The summed E-state index contributed by atoms with van der Waals surface area (Å²) in [6, 6.07) is 27.1. The number of morpholine rings is 1. The average molecular weight is 418 g/mol.